The second-order valence-corrected chi connectivity index (χ2v) is 4.74. The largest absolute Gasteiger partial charge is 0.478 e. The van der Waals surface area contributed by atoms with E-state index >= 15 is 0 Å². The molecular formula is C16H15F2NO2. The summed E-state index contributed by atoms with van der Waals surface area (Å²) in [5.74, 6) is -1.94. The van der Waals surface area contributed by atoms with Crippen molar-refractivity contribution in [2.24, 2.45) is 0 Å². The molecule has 110 valence electrons. The van der Waals surface area contributed by atoms with Crippen LogP contribution in [-0.2, 0) is 6.54 Å². The van der Waals surface area contributed by atoms with Gasteiger partial charge in [-0.15, -0.1) is 0 Å². The topological polar surface area (TPSA) is 49.3 Å². The highest BCUT2D eigenvalue weighted by Gasteiger charge is 2.12. The second kappa shape index (κ2) is 6.45. The summed E-state index contributed by atoms with van der Waals surface area (Å²) in [6.45, 7) is 1.87. The van der Waals surface area contributed by atoms with E-state index in [1.165, 1.54) is 18.2 Å². The zero-order valence-corrected chi connectivity index (χ0v) is 11.4. The van der Waals surface area contributed by atoms with Crippen LogP contribution in [0.4, 0.5) is 8.78 Å². The van der Waals surface area contributed by atoms with E-state index in [1.54, 1.807) is 25.1 Å². The third kappa shape index (κ3) is 3.64. The molecule has 1 unspecified atom stereocenters. The number of rotatable bonds is 5. The summed E-state index contributed by atoms with van der Waals surface area (Å²) >= 11 is 0. The monoisotopic (exact) mass is 291 g/mol. The van der Waals surface area contributed by atoms with Crippen LogP contribution in [0.25, 0.3) is 0 Å². The van der Waals surface area contributed by atoms with Gasteiger partial charge in [0.25, 0.3) is 0 Å². The molecule has 0 saturated carbocycles. The number of hydrogen-bond donors (Lipinski definition) is 2. The van der Waals surface area contributed by atoms with E-state index in [0.717, 1.165) is 6.07 Å². The van der Waals surface area contributed by atoms with Crippen LogP contribution in [0.5, 0.6) is 0 Å². The first-order valence-corrected chi connectivity index (χ1v) is 6.48. The van der Waals surface area contributed by atoms with Gasteiger partial charge in [-0.2, -0.15) is 0 Å². The van der Waals surface area contributed by atoms with E-state index in [9.17, 15) is 13.6 Å². The molecule has 0 aliphatic rings. The molecule has 0 fully saturated rings. The van der Waals surface area contributed by atoms with E-state index in [2.05, 4.69) is 5.32 Å². The van der Waals surface area contributed by atoms with E-state index in [-0.39, 0.29) is 29.5 Å². The minimum absolute atomic E-state index is 0.0201. The smallest absolute Gasteiger partial charge is 0.335 e. The fourth-order valence-corrected chi connectivity index (χ4v) is 2.04. The Balaban J connectivity index is 2.11. The van der Waals surface area contributed by atoms with Crippen molar-refractivity contribution in [2.45, 2.75) is 19.5 Å². The van der Waals surface area contributed by atoms with Crippen molar-refractivity contribution >= 4 is 5.97 Å². The molecule has 0 amide bonds. The van der Waals surface area contributed by atoms with Crippen LogP contribution in [0.3, 0.4) is 0 Å². The van der Waals surface area contributed by atoms with Crippen LogP contribution >= 0.6 is 0 Å². The zero-order valence-electron chi connectivity index (χ0n) is 11.4. The summed E-state index contributed by atoms with van der Waals surface area (Å²) in [6, 6.07) is 9.62. The molecule has 0 saturated heterocycles. The van der Waals surface area contributed by atoms with Crippen LogP contribution in [0.1, 0.15) is 34.5 Å². The summed E-state index contributed by atoms with van der Waals surface area (Å²) in [6.07, 6.45) is 0. The van der Waals surface area contributed by atoms with Gasteiger partial charge in [0, 0.05) is 23.7 Å². The van der Waals surface area contributed by atoms with Gasteiger partial charge in [-0.05, 0) is 31.2 Å². The molecule has 0 aliphatic carbocycles. The molecule has 0 aliphatic heterocycles. The maximum absolute atomic E-state index is 13.7. The van der Waals surface area contributed by atoms with Crippen molar-refractivity contribution in [1.82, 2.24) is 5.32 Å². The fraction of sp³-hybridized carbons (Fsp3) is 0.188. The van der Waals surface area contributed by atoms with Crippen molar-refractivity contribution < 1.29 is 18.7 Å². The van der Waals surface area contributed by atoms with E-state index in [4.69, 9.17) is 5.11 Å². The molecule has 3 nitrogen and oxygen atoms in total. The number of benzene rings is 2. The number of carboxylic acid groups (broad SMARTS) is 1. The highest BCUT2D eigenvalue weighted by molar-refractivity contribution is 5.87. The lowest BCUT2D eigenvalue weighted by Gasteiger charge is -2.15. The Morgan fingerprint density at radius 1 is 1.19 bits per heavy atom. The van der Waals surface area contributed by atoms with Crippen LogP contribution in [0, 0.1) is 11.6 Å². The standard InChI is InChI=1S/C16H15F2NO2/c1-10(13-4-2-3-5-15(13)18)19-9-12-8-11(16(20)21)6-7-14(12)17/h2-8,10,19H,9H2,1H3,(H,20,21). The minimum atomic E-state index is -1.11. The van der Waals surface area contributed by atoms with Gasteiger partial charge in [0.2, 0.25) is 0 Å². The van der Waals surface area contributed by atoms with Crippen molar-refractivity contribution in [3.63, 3.8) is 0 Å². The second-order valence-electron chi connectivity index (χ2n) is 4.74. The first-order chi connectivity index (χ1) is 9.99. The Labute approximate surface area is 121 Å². The maximum atomic E-state index is 13.7. The first-order valence-electron chi connectivity index (χ1n) is 6.48. The van der Waals surface area contributed by atoms with E-state index in [1.807, 2.05) is 0 Å². The van der Waals surface area contributed by atoms with Crippen molar-refractivity contribution in [3.05, 3.63) is 70.8 Å². The third-order valence-electron chi connectivity index (χ3n) is 3.26. The van der Waals surface area contributed by atoms with Gasteiger partial charge in [0.1, 0.15) is 11.6 Å². The van der Waals surface area contributed by atoms with Crippen molar-refractivity contribution in [1.29, 1.82) is 0 Å². The predicted molar refractivity (Wildman–Crippen MR) is 75.0 cm³/mol. The maximum Gasteiger partial charge on any atom is 0.335 e. The molecule has 21 heavy (non-hydrogen) atoms. The Bertz CT molecular complexity index is 658. The lowest BCUT2D eigenvalue weighted by molar-refractivity contribution is 0.0696. The fourth-order valence-electron chi connectivity index (χ4n) is 2.04. The summed E-state index contributed by atoms with van der Waals surface area (Å²) in [4.78, 5) is 10.9. The number of hydrogen-bond acceptors (Lipinski definition) is 2. The van der Waals surface area contributed by atoms with Gasteiger partial charge in [-0.1, -0.05) is 18.2 Å². The van der Waals surface area contributed by atoms with Gasteiger partial charge >= 0.3 is 5.97 Å². The molecule has 0 spiro atoms. The molecule has 5 heteroatoms. The van der Waals surface area contributed by atoms with Gasteiger partial charge in [0.05, 0.1) is 5.56 Å². The molecule has 2 N–H and O–H groups in total. The Hall–Kier alpha value is -2.27. The summed E-state index contributed by atoms with van der Waals surface area (Å²) < 4.78 is 27.3. The first kappa shape index (κ1) is 15.1. The molecule has 2 rings (SSSR count). The highest BCUT2D eigenvalue weighted by Crippen LogP contribution is 2.18. The molecular weight excluding hydrogens is 276 g/mol. The summed E-state index contributed by atoms with van der Waals surface area (Å²) in [5.41, 5.74) is 0.733. The molecule has 0 aromatic heterocycles. The number of carboxylic acids is 1. The van der Waals surface area contributed by atoms with Crippen molar-refractivity contribution in [2.75, 3.05) is 0 Å². The molecule has 0 radical (unpaired) electrons. The van der Waals surface area contributed by atoms with Crippen molar-refractivity contribution in [3.8, 4) is 0 Å². The average Bonchev–Trinajstić information content (AvgIpc) is 2.46. The van der Waals surface area contributed by atoms with Crippen LogP contribution in [0.2, 0.25) is 0 Å². The van der Waals surface area contributed by atoms with E-state index in [0.29, 0.717) is 5.56 Å². The lowest BCUT2D eigenvalue weighted by atomic mass is 10.1. The summed E-state index contributed by atoms with van der Waals surface area (Å²) in [5, 5.41) is 11.9. The number of halogens is 2. The van der Waals surface area contributed by atoms with Gasteiger partial charge in [0.15, 0.2) is 0 Å². The highest BCUT2D eigenvalue weighted by atomic mass is 19.1. The Kier molecular flexibility index (Phi) is 4.65. The third-order valence-corrected chi connectivity index (χ3v) is 3.26. The number of nitrogens with one attached hydrogen (secondary N) is 1. The quantitative estimate of drug-likeness (QED) is 0.886. The van der Waals surface area contributed by atoms with E-state index < -0.39 is 11.8 Å². The van der Waals surface area contributed by atoms with Gasteiger partial charge < -0.3 is 10.4 Å². The normalized spacial score (nSPS) is 12.1. The molecule has 0 heterocycles. The Morgan fingerprint density at radius 2 is 1.90 bits per heavy atom. The minimum Gasteiger partial charge on any atom is -0.478 e. The molecule has 0 bridgehead atoms. The number of aromatic carboxylic acids is 1. The lowest BCUT2D eigenvalue weighted by Crippen LogP contribution is -2.20. The SMILES string of the molecule is CC(NCc1cc(C(=O)O)ccc1F)c1ccccc1F. The van der Waals surface area contributed by atoms with Crippen LogP contribution < -0.4 is 5.32 Å². The van der Waals surface area contributed by atoms with Gasteiger partial charge in [-0.3, -0.25) is 0 Å². The summed E-state index contributed by atoms with van der Waals surface area (Å²) in [7, 11) is 0. The molecule has 2 aromatic rings. The molecule has 2 aromatic carbocycles. The van der Waals surface area contributed by atoms with Crippen LogP contribution in [0.15, 0.2) is 42.5 Å². The predicted octanol–water partition coefficient (Wildman–Crippen LogP) is 3.51. The molecule has 1 atom stereocenters. The average molecular weight is 291 g/mol. The zero-order chi connectivity index (χ0) is 15.4. The van der Waals surface area contributed by atoms with Crippen LogP contribution in [-0.4, -0.2) is 11.1 Å². The number of carbonyl (C=O) groups is 1. The Morgan fingerprint density at radius 3 is 2.57 bits per heavy atom. The van der Waals surface area contributed by atoms with Gasteiger partial charge in [-0.25, -0.2) is 13.6 Å².